The molecule has 1 atom stereocenters. The second-order valence-corrected chi connectivity index (χ2v) is 3.93. The van der Waals surface area contributed by atoms with Gasteiger partial charge >= 0.3 is 0 Å². The van der Waals surface area contributed by atoms with Crippen LogP contribution in [0.2, 0.25) is 5.15 Å². The van der Waals surface area contributed by atoms with Gasteiger partial charge in [-0.05, 0) is 19.4 Å². The molecule has 0 aliphatic carbocycles. The number of nitrogens with one attached hydrogen (secondary N) is 1. The van der Waals surface area contributed by atoms with Crippen molar-refractivity contribution < 1.29 is 4.74 Å². The van der Waals surface area contributed by atoms with Crippen LogP contribution in [-0.4, -0.2) is 29.2 Å². The third-order valence-electron chi connectivity index (χ3n) is 2.43. The van der Waals surface area contributed by atoms with Gasteiger partial charge in [0.2, 0.25) is 0 Å². The monoisotopic (exact) mass is 263 g/mol. The van der Waals surface area contributed by atoms with Gasteiger partial charge in [0, 0.05) is 18.9 Å². The van der Waals surface area contributed by atoms with Crippen molar-refractivity contribution in [2.45, 2.75) is 25.6 Å². The Morgan fingerprint density at radius 3 is 2.94 bits per heavy atom. The first-order chi connectivity index (χ1) is 7.36. The standard InChI is InChI=1S/C10H14ClN3O.ClH/c11-10-9(13-4-5-14-10)7-15-8-2-1-3-12-6-8;/h4-5,8,12H,1-3,6-7H2;1H. The third kappa shape index (κ3) is 3.87. The van der Waals surface area contributed by atoms with Crippen molar-refractivity contribution >= 4 is 24.0 Å². The summed E-state index contributed by atoms with van der Waals surface area (Å²) < 4.78 is 5.70. The zero-order valence-electron chi connectivity index (χ0n) is 8.86. The van der Waals surface area contributed by atoms with Gasteiger partial charge in [0.05, 0.1) is 12.7 Å². The van der Waals surface area contributed by atoms with Crippen LogP contribution in [0, 0.1) is 0 Å². The van der Waals surface area contributed by atoms with Crippen LogP contribution in [0.3, 0.4) is 0 Å². The normalized spacial score (nSPS) is 20.2. The highest BCUT2D eigenvalue weighted by atomic mass is 35.5. The van der Waals surface area contributed by atoms with Gasteiger partial charge in [0.15, 0.2) is 5.15 Å². The number of ether oxygens (including phenoxy) is 1. The highest BCUT2D eigenvalue weighted by Gasteiger charge is 2.14. The molecule has 6 heteroatoms. The van der Waals surface area contributed by atoms with E-state index < -0.39 is 0 Å². The average molecular weight is 264 g/mol. The molecule has 1 aliphatic heterocycles. The molecule has 4 nitrogen and oxygen atoms in total. The predicted molar refractivity (Wildman–Crippen MR) is 65.0 cm³/mol. The van der Waals surface area contributed by atoms with Crippen LogP contribution in [0.5, 0.6) is 0 Å². The summed E-state index contributed by atoms with van der Waals surface area (Å²) in [5.74, 6) is 0. The molecule has 0 spiro atoms. The maximum absolute atomic E-state index is 5.87. The lowest BCUT2D eigenvalue weighted by Gasteiger charge is -2.22. The molecule has 1 saturated heterocycles. The molecule has 1 N–H and O–H groups in total. The van der Waals surface area contributed by atoms with Gasteiger partial charge in [-0.3, -0.25) is 4.98 Å². The molecular weight excluding hydrogens is 249 g/mol. The van der Waals surface area contributed by atoms with Gasteiger partial charge in [0.25, 0.3) is 0 Å². The van der Waals surface area contributed by atoms with Crippen LogP contribution in [0.4, 0.5) is 0 Å². The smallest absolute Gasteiger partial charge is 0.152 e. The van der Waals surface area contributed by atoms with Crippen LogP contribution in [-0.2, 0) is 11.3 Å². The maximum Gasteiger partial charge on any atom is 0.152 e. The van der Waals surface area contributed by atoms with Gasteiger partial charge in [-0.1, -0.05) is 11.6 Å². The number of hydrogen-bond donors (Lipinski definition) is 1. The molecule has 16 heavy (non-hydrogen) atoms. The Hall–Kier alpha value is -0.420. The van der Waals surface area contributed by atoms with Crippen molar-refractivity contribution in [3.05, 3.63) is 23.2 Å². The first kappa shape index (κ1) is 13.6. The molecule has 0 aromatic carbocycles. The Morgan fingerprint density at radius 1 is 1.44 bits per heavy atom. The number of nitrogens with zero attached hydrogens (tertiary/aromatic N) is 2. The summed E-state index contributed by atoms with van der Waals surface area (Å²) in [6.45, 7) is 2.45. The molecular formula is C10H15Cl2N3O. The van der Waals surface area contributed by atoms with Crippen molar-refractivity contribution in [1.29, 1.82) is 0 Å². The molecule has 0 bridgehead atoms. The minimum absolute atomic E-state index is 0. The van der Waals surface area contributed by atoms with Crippen molar-refractivity contribution in [2.24, 2.45) is 0 Å². The first-order valence-corrected chi connectivity index (χ1v) is 5.52. The molecule has 2 rings (SSSR count). The third-order valence-corrected chi connectivity index (χ3v) is 2.75. The Labute approximate surface area is 106 Å². The number of rotatable bonds is 3. The van der Waals surface area contributed by atoms with E-state index in [-0.39, 0.29) is 18.5 Å². The summed E-state index contributed by atoms with van der Waals surface area (Å²) in [7, 11) is 0. The largest absolute Gasteiger partial charge is 0.370 e. The Bertz CT molecular complexity index is 319. The molecule has 0 radical (unpaired) electrons. The van der Waals surface area contributed by atoms with E-state index in [0.29, 0.717) is 17.5 Å². The second kappa shape index (κ2) is 7.01. The Morgan fingerprint density at radius 2 is 2.25 bits per heavy atom. The van der Waals surface area contributed by atoms with Gasteiger partial charge in [-0.2, -0.15) is 0 Å². The molecule has 0 saturated carbocycles. The van der Waals surface area contributed by atoms with Crippen LogP contribution in [0.15, 0.2) is 12.4 Å². The summed E-state index contributed by atoms with van der Waals surface area (Å²) >= 11 is 5.87. The van der Waals surface area contributed by atoms with Crippen molar-refractivity contribution in [1.82, 2.24) is 15.3 Å². The maximum atomic E-state index is 5.87. The van der Waals surface area contributed by atoms with Crippen molar-refractivity contribution in [3.63, 3.8) is 0 Å². The van der Waals surface area contributed by atoms with Gasteiger partial charge in [-0.15, -0.1) is 12.4 Å². The minimum atomic E-state index is 0. The molecule has 1 aliphatic rings. The minimum Gasteiger partial charge on any atom is -0.370 e. The highest BCUT2D eigenvalue weighted by molar-refractivity contribution is 6.29. The first-order valence-electron chi connectivity index (χ1n) is 5.14. The lowest BCUT2D eigenvalue weighted by Crippen LogP contribution is -2.35. The van der Waals surface area contributed by atoms with Crippen LogP contribution in [0.1, 0.15) is 18.5 Å². The topological polar surface area (TPSA) is 47.0 Å². The fourth-order valence-electron chi connectivity index (χ4n) is 1.61. The van der Waals surface area contributed by atoms with Gasteiger partial charge < -0.3 is 10.1 Å². The number of piperidine rings is 1. The van der Waals surface area contributed by atoms with Crippen LogP contribution >= 0.6 is 24.0 Å². The Balaban J connectivity index is 0.00000128. The quantitative estimate of drug-likeness (QED) is 0.904. The van der Waals surface area contributed by atoms with E-state index >= 15 is 0 Å². The summed E-state index contributed by atoms with van der Waals surface area (Å²) in [6.07, 6.45) is 5.75. The predicted octanol–water partition coefficient (Wildman–Crippen LogP) is 1.82. The van der Waals surface area contributed by atoms with Gasteiger partial charge in [0.1, 0.15) is 5.69 Å². The van der Waals surface area contributed by atoms with E-state index in [0.717, 1.165) is 19.5 Å². The van der Waals surface area contributed by atoms with Crippen molar-refractivity contribution in [3.8, 4) is 0 Å². The Kier molecular flexibility index (Phi) is 5.98. The zero-order chi connectivity index (χ0) is 10.5. The summed E-state index contributed by atoms with van der Waals surface area (Å²) in [5, 5.41) is 3.72. The highest BCUT2D eigenvalue weighted by Crippen LogP contribution is 2.13. The molecule has 1 fully saturated rings. The number of hydrogen-bond acceptors (Lipinski definition) is 4. The summed E-state index contributed by atoms with van der Waals surface area (Å²) in [4.78, 5) is 8.07. The molecule has 90 valence electrons. The summed E-state index contributed by atoms with van der Waals surface area (Å²) in [5.41, 5.74) is 0.713. The molecule has 2 heterocycles. The van der Waals surface area contributed by atoms with E-state index in [1.807, 2.05) is 0 Å². The van der Waals surface area contributed by atoms with E-state index in [4.69, 9.17) is 16.3 Å². The summed E-state index contributed by atoms with van der Waals surface area (Å²) in [6, 6.07) is 0. The molecule has 1 unspecified atom stereocenters. The SMILES string of the molecule is Cl.Clc1nccnc1COC1CCCNC1. The van der Waals surface area contributed by atoms with E-state index in [2.05, 4.69) is 15.3 Å². The molecule has 1 aromatic heterocycles. The van der Waals surface area contributed by atoms with E-state index in [1.165, 1.54) is 6.42 Å². The van der Waals surface area contributed by atoms with E-state index in [9.17, 15) is 0 Å². The molecule has 0 amide bonds. The fraction of sp³-hybridized carbons (Fsp3) is 0.600. The number of halogens is 2. The van der Waals surface area contributed by atoms with Crippen LogP contribution in [0.25, 0.3) is 0 Å². The zero-order valence-corrected chi connectivity index (χ0v) is 10.4. The average Bonchev–Trinajstić information content (AvgIpc) is 2.29. The van der Waals surface area contributed by atoms with E-state index in [1.54, 1.807) is 12.4 Å². The van der Waals surface area contributed by atoms with Crippen LogP contribution < -0.4 is 5.32 Å². The second-order valence-electron chi connectivity index (χ2n) is 3.57. The van der Waals surface area contributed by atoms with Crippen molar-refractivity contribution in [2.75, 3.05) is 13.1 Å². The lowest BCUT2D eigenvalue weighted by atomic mass is 10.1. The van der Waals surface area contributed by atoms with Gasteiger partial charge in [-0.25, -0.2) is 4.98 Å². The number of aromatic nitrogens is 2. The lowest BCUT2D eigenvalue weighted by molar-refractivity contribution is 0.0235. The molecule has 1 aromatic rings. The fourth-order valence-corrected chi connectivity index (χ4v) is 1.77.